The van der Waals surface area contributed by atoms with Crippen LogP contribution in [0.2, 0.25) is 0 Å². The predicted octanol–water partition coefficient (Wildman–Crippen LogP) is 2.51. The molecule has 0 radical (unpaired) electrons. The summed E-state index contributed by atoms with van der Waals surface area (Å²) in [5, 5.41) is 13.3. The van der Waals surface area contributed by atoms with Gasteiger partial charge in [0.2, 0.25) is 0 Å². The molecular formula is C19H14N4O6. The Labute approximate surface area is 163 Å². The lowest BCUT2D eigenvalue weighted by molar-refractivity contribution is -0.384. The number of nitrogens with zero attached hydrogens (tertiary/aromatic N) is 1. The van der Waals surface area contributed by atoms with Gasteiger partial charge in [-0.2, -0.15) is 0 Å². The lowest BCUT2D eigenvalue weighted by Crippen LogP contribution is -2.41. The summed E-state index contributed by atoms with van der Waals surface area (Å²) in [6, 6.07) is 14.1. The molecule has 0 fully saturated rings. The fraction of sp³-hybridized carbons (Fsp3) is 0. The molecule has 0 saturated carbocycles. The molecule has 10 heteroatoms. The minimum Gasteiger partial charge on any atom is -0.459 e. The Morgan fingerprint density at radius 1 is 0.793 bits per heavy atom. The molecule has 10 nitrogen and oxygen atoms in total. The van der Waals surface area contributed by atoms with Gasteiger partial charge in [-0.1, -0.05) is 0 Å². The van der Waals surface area contributed by atoms with E-state index < -0.39 is 22.6 Å². The number of amides is 3. The van der Waals surface area contributed by atoms with E-state index in [4.69, 9.17) is 4.42 Å². The van der Waals surface area contributed by atoms with Gasteiger partial charge in [0.05, 0.1) is 11.2 Å². The van der Waals surface area contributed by atoms with Crippen molar-refractivity contribution in [2.24, 2.45) is 0 Å². The number of hydrazine groups is 1. The van der Waals surface area contributed by atoms with Gasteiger partial charge in [-0.3, -0.25) is 35.3 Å². The summed E-state index contributed by atoms with van der Waals surface area (Å²) in [4.78, 5) is 46.0. The van der Waals surface area contributed by atoms with Crippen molar-refractivity contribution >= 4 is 29.1 Å². The molecule has 1 aromatic heterocycles. The quantitative estimate of drug-likeness (QED) is 0.448. The van der Waals surface area contributed by atoms with E-state index in [0.717, 1.165) is 0 Å². The number of benzene rings is 2. The van der Waals surface area contributed by atoms with Crippen LogP contribution in [-0.4, -0.2) is 22.6 Å². The van der Waals surface area contributed by atoms with E-state index in [1.807, 2.05) is 0 Å². The van der Waals surface area contributed by atoms with Crippen LogP contribution >= 0.6 is 0 Å². The number of nitro benzene ring substituents is 1. The second kappa shape index (κ2) is 8.48. The Bertz CT molecular complexity index is 1040. The smallest absolute Gasteiger partial charge is 0.305 e. The highest BCUT2D eigenvalue weighted by Crippen LogP contribution is 2.15. The molecule has 0 unspecified atom stereocenters. The maximum Gasteiger partial charge on any atom is 0.305 e. The third-order valence-corrected chi connectivity index (χ3v) is 3.78. The van der Waals surface area contributed by atoms with Crippen molar-refractivity contribution in [1.29, 1.82) is 0 Å². The third kappa shape index (κ3) is 4.83. The number of non-ortho nitro benzene ring substituents is 1. The zero-order valence-electron chi connectivity index (χ0n) is 14.7. The average Bonchev–Trinajstić information content (AvgIpc) is 3.27. The van der Waals surface area contributed by atoms with Gasteiger partial charge in [0.15, 0.2) is 5.76 Å². The Balaban J connectivity index is 1.56. The van der Waals surface area contributed by atoms with Gasteiger partial charge >= 0.3 is 5.91 Å². The van der Waals surface area contributed by atoms with Crippen molar-refractivity contribution in [3.8, 4) is 0 Å². The third-order valence-electron chi connectivity index (χ3n) is 3.78. The molecule has 0 atom stereocenters. The van der Waals surface area contributed by atoms with Gasteiger partial charge in [-0.05, 0) is 48.5 Å². The molecule has 0 spiro atoms. The van der Waals surface area contributed by atoms with Crippen molar-refractivity contribution in [1.82, 2.24) is 10.9 Å². The zero-order chi connectivity index (χ0) is 20.8. The Morgan fingerprint density at radius 2 is 1.38 bits per heavy atom. The lowest BCUT2D eigenvalue weighted by Gasteiger charge is -2.08. The highest BCUT2D eigenvalue weighted by atomic mass is 16.6. The number of hydrogen-bond donors (Lipinski definition) is 3. The first-order valence-corrected chi connectivity index (χ1v) is 8.24. The molecule has 3 amide bonds. The topological polar surface area (TPSA) is 144 Å². The molecule has 0 aliphatic rings. The number of carbonyl (C=O) groups excluding carboxylic acids is 3. The van der Waals surface area contributed by atoms with Crippen LogP contribution in [0.5, 0.6) is 0 Å². The standard InChI is InChI=1S/C19H14N4O6/c24-17(12-5-9-15(10-6-12)23(27)28)20-14-7-3-13(4-8-14)18(25)21-22-19(26)16-2-1-11-29-16/h1-11H,(H,20,24)(H,21,25)(H,22,26). The fourth-order valence-corrected chi connectivity index (χ4v) is 2.30. The summed E-state index contributed by atoms with van der Waals surface area (Å²) in [6.07, 6.45) is 1.33. The summed E-state index contributed by atoms with van der Waals surface area (Å²) < 4.78 is 4.90. The van der Waals surface area contributed by atoms with Gasteiger partial charge < -0.3 is 9.73 Å². The maximum atomic E-state index is 12.2. The highest BCUT2D eigenvalue weighted by Gasteiger charge is 2.12. The molecule has 1 heterocycles. The Morgan fingerprint density at radius 3 is 1.97 bits per heavy atom. The molecule has 0 aliphatic heterocycles. The molecule has 3 aromatic rings. The summed E-state index contributed by atoms with van der Waals surface area (Å²) in [5.74, 6) is -1.56. The lowest BCUT2D eigenvalue weighted by atomic mass is 10.1. The number of nitrogens with one attached hydrogen (secondary N) is 3. The largest absolute Gasteiger partial charge is 0.459 e. The first-order valence-electron chi connectivity index (χ1n) is 8.24. The average molecular weight is 394 g/mol. The molecule has 0 saturated heterocycles. The minimum atomic E-state index is -0.602. The van der Waals surface area contributed by atoms with Crippen LogP contribution in [0.15, 0.2) is 71.3 Å². The van der Waals surface area contributed by atoms with Crippen molar-refractivity contribution in [2.45, 2.75) is 0 Å². The SMILES string of the molecule is O=C(NNC(=O)c1ccco1)c1ccc(NC(=O)c2ccc([N+](=O)[O-])cc2)cc1. The first kappa shape index (κ1) is 19.3. The van der Waals surface area contributed by atoms with Crippen molar-refractivity contribution in [3.05, 3.63) is 93.9 Å². The Kier molecular flexibility index (Phi) is 5.64. The van der Waals surface area contributed by atoms with Crippen LogP contribution in [0, 0.1) is 10.1 Å². The highest BCUT2D eigenvalue weighted by molar-refractivity contribution is 6.04. The van der Waals surface area contributed by atoms with E-state index in [1.165, 1.54) is 60.9 Å². The number of rotatable bonds is 5. The van der Waals surface area contributed by atoms with Gasteiger partial charge in [-0.25, -0.2) is 0 Å². The molecule has 29 heavy (non-hydrogen) atoms. The van der Waals surface area contributed by atoms with E-state index in [2.05, 4.69) is 16.2 Å². The van der Waals surface area contributed by atoms with Gasteiger partial charge in [-0.15, -0.1) is 0 Å². The van der Waals surface area contributed by atoms with Crippen molar-refractivity contribution in [2.75, 3.05) is 5.32 Å². The molecule has 3 rings (SSSR count). The fourth-order valence-electron chi connectivity index (χ4n) is 2.30. The normalized spacial score (nSPS) is 10.1. The van der Waals surface area contributed by atoms with Gasteiger partial charge in [0, 0.05) is 28.9 Å². The van der Waals surface area contributed by atoms with Crippen LogP contribution in [0.25, 0.3) is 0 Å². The minimum absolute atomic E-state index is 0.0506. The zero-order valence-corrected chi connectivity index (χ0v) is 14.7. The number of nitro groups is 1. The van der Waals surface area contributed by atoms with E-state index >= 15 is 0 Å². The van der Waals surface area contributed by atoms with Crippen LogP contribution in [0.4, 0.5) is 11.4 Å². The molecular weight excluding hydrogens is 380 g/mol. The second-order valence-corrected chi connectivity index (χ2v) is 5.72. The molecule has 0 bridgehead atoms. The van der Waals surface area contributed by atoms with Gasteiger partial charge in [0.25, 0.3) is 17.5 Å². The summed E-state index contributed by atoms with van der Waals surface area (Å²) in [6.45, 7) is 0. The maximum absolute atomic E-state index is 12.2. The first-order chi connectivity index (χ1) is 13.9. The molecule has 2 aromatic carbocycles. The summed E-state index contributed by atoms with van der Waals surface area (Å²) in [5.41, 5.74) is 5.26. The number of furan rings is 1. The van der Waals surface area contributed by atoms with E-state index in [-0.39, 0.29) is 22.6 Å². The van der Waals surface area contributed by atoms with Crippen LogP contribution < -0.4 is 16.2 Å². The van der Waals surface area contributed by atoms with Crippen molar-refractivity contribution < 1.29 is 23.7 Å². The van der Waals surface area contributed by atoms with Crippen LogP contribution in [0.1, 0.15) is 31.3 Å². The number of anilines is 1. The Hall–Kier alpha value is -4.47. The second-order valence-electron chi connectivity index (χ2n) is 5.72. The predicted molar refractivity (Wildman–Crippen MR) is 101 cm³/mol. The molecule has 146 valence electrons. The monoisotopic (exact) mass is 394 g/mol. The number of carbonyl (C=O) groups is 3. The van der Waals surface area contributed by atoms with Crippen LogP contribution in [0.3, 0.4) is 0 Å². The summed E-state index contributed by atoms with van der Waals surface area (Å²) >= 11 is 0. The van der Waals surface area contributed by atoms with Crippen LogP contribution in [-0.2, 0) is 0 Å². The van der Waals surface area contributed by atoms with E-state index in [9.17, 15) is 24.5 Å². The van der Waals surface area contributed by atoms with Crippen molar-refractivity contribution in [3.63, 3.8) is 0 Å². The van der Waals surface area contributed by atoms with E-state index in [0.29, 0.717) is 5.69 Å². The molecule has 3 N–H and O–H groups in total. The van der Waals surface area contributed by atoms with E-state index in [1.54, 1.807) is 6.07 Å². The molecule has 0 aliphatic carbocycles. The number of hydrogen-bond acceptors (Lipinski definition) is 6. The summed E-state index contributed by atoms with van der Waals surface area (Å²) in [7, 11) is 0. The van der Waals surface area contributed by atoms with Gasteiger partial charge in [0.1, 0.15) is 0 Å².